The minimum atomic E-state index is -4.67. The van der Waals surface area contributed by atoms with Crippen molar-refractivity contribution in [3.8, 4) is 0 Å². The fourth-order valence-corrected chi connectivity index (χ4v) is 0. The smallest absolute Gasteiger partial charge is 0 e. The average Bonchev–Trinajstić information content (AvgIpc) is 1.12. The molecule has 0 saturated heterocycles. The van der Waals surface area contributed by atoms with Crippen LogP contribution in [0.25, 0.3) is 0 Å². The van der Waals surface area contributed by atoms with E-state index in [2.05, 4.69) is 0 Å². The van der Waals surface area contributed by atoms with Crippen LogP contribution in [0.2, 0.25) is 0 Å². The van der Waals surface area contributed by atoms with Crippen molar-refractivity contribution in [2.24, 2.45) is 0 Å². The molecule has 0 fully saturated rings. The summed E-state index contributed by atoms with van der Waals surface area (Å²) in [4.78, 5) is 0. The Kier molecular flexibility index (Phi) is 13.6. The summed E-state index contributed by atoms with van der Waals surface area (Å²) >= 11 is -3.11. The average molecular weight is 336 g/mol. The first-order valence-electron chi connectivity index (χ1n) is 1.45. The first-order chi connectivity index (χ1) is 4.00. The Morgan fingerprint density at radius 3 is 1.00 bits per heavy atom. The molecule has 4 nitrogen and oxygen atoms in total. The molecule has 0 spiro atoms. The van der Waals surface area contributed by atoms with Crippen LogP contribution in [0.3, 0.4) is 0 Å². The number of rotatable bonds is 0. The van der Waals surface area contributed by atoms with Gasteiger partial charge in [-0.15, -0.1) is 0 Å². The van der Waals surface area contributed by atoms with Crippen molar-refractivity contribution < 1.29 is 51.6 Å². The van der Waals surface area contributed by atoms with Gasteiger partial charge in [0.15, 0.2) is 0 Å². The van der Waals surface area contributed by atoms with Gasteiger partial charge in [0.1, 0.15) is 0 Å². The fraction of sp³-hybridized carbons (Fsp3) is 0. The summed E-state index contributed by atoms with van der Waals surface area (Å²) in [7, 11) is 15.4. The Morgan fingerprint density at radius 2 is 1.00 bits per heavy atom. The van der Waals surface area contributed by atoms with Gasteiger partial charge in [0.25, 0.3) is 0 Å². The maximum atomic E-state index is 8.74. The minimum Gasteiger partial charge on any atom is 0 e. The molecule has 2 N–H and O–H groups in total. The molecule has 0 bridgehead atoms. The molecule has 0 aromatic rings. The molecule has 0 saturated carbocycles. The van der Waals surface area contributed by atoms with Gasteiger partial charge in [0.2, 0.25) is 0 Å². The first kappa shape index (κ1) is 19.1. The van der Waals surface area contributed by atoms with Crippen molar-refractivity contribution in [2.75, 3.05) is 0 Å². The molecule has 68 valence electrons. The van der Waals surface area contributed by atoms with Crippen LogP contribution >= 0.6 is 37.2 Å². The van der Waals surface area contributed by atoms with Crippen molar-refractivity contribution in [1.82, 2.24) is 0 Å². The van der Waals surface area contributed by atoms with Gasteiger partial charge in [0.05, 0.1) is 0 Å². The van der Waals surface area contributed by atoms with Crippen molar-refractivity contribution in [3.63, 3.8) is 0 Å². The standard InChI is InChI=1S/4ClH.H2O4S.2Ti/c;;;;1-5(2,3)4;;/h4*1H;(H2,1,2,3,4);;/q;;;;;;+4/p-4. The molecule has 0 rings (SSSR count). The zero-order valence-corrected chi connectivity index (χ0v) is 11.6. The van der Waals surface area contributed by atoms with E-state index in [-0.39, 0.29) is 21.7 Å². The van der Waals surface area contributed by atoms with Crippen LogP contribution in [0, 0.1) is 0 Å². The minimum absolute atomic E-state index is 0. The molecular weight excluding hydrogens is 334 g/mol. The Balaban J connectivity index is -0.000000107. The molecule has 11 heavy (non-hydrogen) atoms. The van der Waals surface area contributed by atoms with Crippen molar-refractivity contribution >= 4 is 47.6 Å². The Labute approximate surface area is 97.9 Å². The van der Waals surface area contributed by atoms with Crippen molar-refractivity contribution in [3.05, 3.63) is 0 Å². The fourth-order valence-electron chi connectivity index (χ4n) is 0. The molecule has 0 unspecified atom stereocenters. The number of halogens is 4. The summed E-state index contributed by atoms with van der Waals surface area (Å²) in [6.45, 7) is 0. The van der Waals surface area contributed by atoms with Gasteiger partial charge >= 0.3 is 60.0 Å². The maximum Gasteiger partial charge on any atom is 0 e. The number of hydrogen-bond donors (Lipinski definition) is 2. The molecule has 11 heteroatoms. The van der Waals surface area contributed by atoms with Crippen LogP contribution in [-0.2, 0) is 44.5 Å². The van der Waals surface area contributed by atoms with E-state index in [1.807, 2.05) is 0 Å². The molecule has 0 atom stereocenters. The molecule has 0 aromatic carbocycles. The molecule has 0 radical (unpaired) electrons. The van der Waals surface area contributed by atoms with Crippen LogP contribution in [0.1, 0.15) is 0 Å². The van der Waals surface area contributed by atoms with Crippen LogP contribution in [0.5, 0.6) is 0 Å². The zero-order chi connectivity index (χ0) is 9.00. The van der Waals surface area contributed by atoms with E-state index in [1.54, 1.807) is 0 Å². The maximum absolute atomic E-state index is 8.74. The van der Waals surface area contributed by atoms with Crippen molar-refractivity contribution in [2.45, 2.75) is 0 Å². The van der Waals surface area contributed by atoms with E-state index >= 15 is 0 Å². The van der Waals surface area contributed by atoms with Gasteiger partial charge in [-0.2, -0.15) is 8.42 Å². The molecule has 0 heterocycles. The Hall–Kier alpha value is 2.46. The molecular formula is H2Cl4O4STi2. The second-order valence-electron chi connectivity index (χ2n) is 0.876. The monoisotopic (exact) mass is 334 g/mol. The van der Waals surface area contributed by atoms with Crippen LogP contribution in [0.15, 0.2) is 0 Å². The third-order valence-electron chi connectivity index (χ3n) is 0. The second-order valence-corrected chi connectivity index (χ2v) is 17.2. The van der Waals surface area contributed by atoms with Crippen LogP contribution < -0.4 is 0 Å². The van der Waals surface area contributed by atoms with E-state index in [9.17, 15) is 0 Å². The van der Waals surface area contributed by atoms with Crippen LogP contribution in [0.4, 0.5) is 0 Å². The third-order valence-corrected chi connectivity index (χ3v) is 0. The van der Waals surface area contributed by atoms with Gasteiger partial charge in [-0.25, -0.2) is 0 Å². The number of hydrogen-bond acceptors (Lipinski definition) is 2. The summed E-state index contributed by atoms with van der Waals surface area (Å²) in [5.41, 5.74) is 0. The summed E-state index contributed by atoms with van der Waals surface area (Å²) in [5, 5.41) is 0. The van der Waals surface area contributed by atoms with Gasteiger partial charge < -0.3 is 0 Å². The molecule has 0 aliphatic heterocycles. The van der Waals surface area contributed by atoms with Gasteiger partial charge in [-0.3, -0.25) is 9.11 Å². The summed E-state index contributed by atoms with van der Waals surface area (Å²) in [5.74, 6) is 0. The van der Waals surface area contributed by atoms with E-state index in [4.69, 9.17) is 54.7 Å². The zero-order valence-electron chi connectivity index (χ0n) is 4.63. The molecule has 0 aliphatic carbocycles. The van der Waals surface area contributed by atoms with E-state index in [0.717, 1.165) is 0 Å². The SMILES string of the molecule is O=S(=O)(O)O.[Cl][Ti]([Cl])([Cl])[Cl].[Ti]. The van der Waals surface area contributed by atoms with Crippen molar-refractivity contribution in [1.29, 1.82) is 0 Å². The third kappa shape index (κ3) is 225. The second kappa shape index (κ2) is 7.82. The summed E-state index contributed by atoms with van der Waals surface area (Å²) < 4.78 is 31.6. The molecule has 0 aromatic heterocycles. The van der Waals surface area contributed by atoms with Gasteiger partial charge in [0, 0.05) is 21.7 Å². The van der Waals surface area contributed by atoms with Crippen LogP contribution in [-0.4, -0.2) is 17.5 Å². The largest absolute Gasteiger partial charge is 0 e. The predicted octanol–water partition coefficient (Wildman–Crippen LogP) is 2.10. The Bertz CT molecular complexity index is 155. The molecule has 0 amide bonds. The predicted molar refractivity (Wildman–Crippen MR) is 37.6 cm³/mol. The van der Waals surface area contributed by atoms with E-state index in [1.165, 1.54) is 0 Å². The Morgan fingerprint density at radius 1 is 1.00 bits per heavy atom. The molecule has 0 aliphatic rings. The topological polar surface area (TPSA) is 74.6 Å². The summed E-state index contributed by atoms with van der Waals surface area (Å²) in [6, 6.07) is 0. The summed E-state index contributed by atoms with van der Waals surface area (Å²) in [6.07, 6.45) is 0. The quantitative estimate of drug-likeness (QED) is 0.525. The normalized spacial score (nSPS) is 10.7. The van der Waals surface area contributed by atoms with Gasteiger partial charge in [-0.1, -0.05) is 0 Å². The van der Waals surface area contributed by atoms with E-state index in [0.29, 0.717) is 0 Å². The van der Waals surface area contributed by atoms with Gasteiger partial charge in [-0.05, 0) is 0 Å². The van der Waals surface area contributed by atoms with E-state index < -0.39 is 22.7 Å². The first-order valence-corrected chi connectivity index (χ1v) is 11.4.